The Balaban J connectivity index is 1.25. The van der Waals surface area contributed by atoms with E-state index in [1.54, 1.807) is 0 Å². The maximum absolute atomic E-state index is 12.5. The number of fused-ring (bicyclic) bond motifs is 2. The lowest BCUT2D eigenvalue weighted by atomic mass is 9.88. The Hall–Kier alpha value is -6.20. The lowest BCUT2D eigenvalue weighted by Crippen LogP contribution is -2.22. The fraction of sp³-hybridized carbons (Fsp3) is 0.120. The fourth-order valence-electron chi connectivity index (χ4n) is 7.72. The Bertz CT molecular complexity index is 2210. The molecule has 8 aromatic carbocycles. The molecule has 54 heavy (non-hydrogen) atoms. The first kappa shape index (κ1) is 34.9. The normalized spacial score (nSPS) is 11.5. The van der Waals surface area contributed by atoms with Crippen molar-refractivity contribution in [2.24, 2.45) is 0 Å². The molecule has 2 N–H and O–H groups in total. The first-order valence-corrected chi connectivity index (χ1v) is 18.7. The second-order valence-corrected chi connectivity index (χ2v) is 14.2. The Labute approximate surface area is 317 Å². The molecule has 0 unspecified atom stereocenters. The third-order valence-corrected chi connectivity index (χ3v) is 10.2. The van der Waals surface area contributed by atoms with Crippen LogP contribution in [-0.4, -0.2) is 20.0 Å². The summed E-state index contributed by atoms with van der Waals surface area (Å²) in [5, 5.41) is 28.9. The van der Waals surface area contributed by atoms with Crippen LogP contribution in [0.2, 0.25) is 0 Å². The van der Waals surface area contributed by atoms with Crippen LogP contribution in [0, 0.1) is 0 Å². The maximum Gasteiger partial charge on any atom is 0.128 e. The van der Waals surface area contributed by atoms with Crippen LogP contribution in [0.15, 0.2) is 182 Å². The minimum Gasteiger partial charge on any atom is -0.507 e. The number of rotatable bonds is 13. The smallest absolute Gasteiger partial charge is 0.128 e. The van der Waals surface area contributed by atoms with E-state index in [1.165, 1.54) is 22.3 Å². The monoisotopic (exact) mass is 704 g/mol. The van der Waals surface area contributed by atoms with E-state index in [-0.39, 0.29) is 11.5 Å². The Kier molecular flexibility index (Phi) is 10.5. The van der Waals surface area contributed by atoms with E-state index < -0.39 is 0 Å². The van der Waals surface area contributed by atoms with Crippen molar-refractivity contribution in [2.75, 3.05) is 0 Å². The van der Waals surface area contributed by atoms with Gasteiger partial charge in [0.1, 0.15) is 11.5 Å². The molecular weight excluding hydrogens is 661 g/mol. The number of hydrogen-bond acceptors (Lipinski definition) is 4. The van der Waals surface area contributed by atoms with E-state index in [0.29, 0.717) is 24.2 Å². The molecule has 266 valence electrons. The number of benzene rings is 8. The van der Waals surface area contributed by atoms with Gasteiger partial charge in [-0.3, -0.25) is 9.80 Å². The number of aromatic hydroxyl groups is 2. The molecule has 0 radical (unpaired) electrons. The van der Waals surface area contributed by atoms with Gasteiger partial charge in [-0.1, -0.05) is 170 Å². The standard InChI is InChI=1S/C50H44N2O2/c53-49-43(35-51(31-37-17-5-1-6-18-37)32-38-19-7-2-8-20-38)29-41-25-13-15-27-45(41)47(49)48-46-28-16-14-26-42(46)30-44(50(48)54)36-52(33-39-21-9-3-10-22-39)34-40-23-11-4-12-24-40/h1-30,53-54H,31-36H2. The molecule has 0 aliphatic carbocycles. The van der Waals surface area contributed by atoms with Gasteiger partial charge in [0.15, 0.2) is 0 Å². The molecular formula is C50H44N2O2. The zero-order valence-electron chi connectivity index (χ0n) is 30.4. The minimum atomic E-state index is 0.197. The molecule has 0 saturated carbocycles. The van der Waals surface area contributed by atoms with Crippen LogP contribution < -0.4 is 0 Å². The fourth-order valence-corrected chi connectivity index (χ4v) is 7.72. The summed E-state index contributed by atoms with van der Waals surface area (Å²) in [7, 11) is 0. The molecule has 0 heterocycles. The first-order valence-electron chi connectivity index (χ1n) is 18.7. The van der Waals surface area contributed by atoms with Crippen molar-refractivity contribution in [2.45, 2.75) is 39.3 Å². The van der Waals surface area contributed by atoms with E-state index in [9.17, 15) is 10.2 Å². The van der Waals surface area contributed by atoms with Gasteiger partial charge in [-0.15, -0.1) is 0 Å². The van der Waals surface area contributed by atoms with Crippen LogP contribution >= 0.6 is 0 Å². The third-order valence-electron chi connectivity index (χ3n) is 10.2. The van der Waals surface area contributed by atoms with E-state index in [0.717, 1.165) is 58.9 Å². The predicted octanol–water partition coefficient (Wildman–Crippen LogP) is 11.5. The van der Waals surface area contributed by atoms with Gasteiger partial charge in [0.05, 0.1) is 0 Å². The molecule has 0 fully saturated rings. The second-order valence-electron chi connectivity index (χ2n) is 14.2. The van der Waals surface area contributed by atoms with Crippen LogP contribution in [0.1, 0.15) is 33.4 Å². The molecule has 0 aliphatic heterocycles. The van der Waals surface area contributed by atoms with Crippen LogP contribution in [0.5, 0.6) is 11.5 Å². The molecule has 0 amide bonds. The molecule has 8 rings (SSSR count). The molecule has 0 atom stereocenters. The molecule has 8 aromatic rings. The number of nitrogens with zero attached hydrogens (tertiary/aromatic N) is 2. The Morgan fingerprint density at radius 3 is 0.907 bits per heavy atom. The highest BCUT2D eigenvalue weighted by molar-refractivity contribution is 6.10. The van der Waals surface area contributed by atoms with Crippen LogP contribution in [-0.2, 0) is 39.3 Å². The zero-order chi connectivity index (χ0) is 36.7. The van der Waals surface area contributed by atoms with Crippen molar-refractivity contribution in [1.82, 2.24) is 9.80 Å². The topological polar surface area (TPSA) is 46.9 Å². The van der Waals surface area contributed by atoms with Gasteiger partial charge in [-0.2, -0.15) is 0 Å². The molecule has 4 heteroatoms. The lowest BCUT2D eigenvalue weighted by molar-refractivity contribution is 0.244. The van der Waals surface area contributed by atoms with Gasteiger partial charge in [0.25, 0.3) is 0 Å². The average Bonchev–Trinajstić information content (AvgIpc) is 3.21. The van der Waals surface area contributed by atoms with E-state index in [4.69, 9.17) is 0 Å². The third kappa shape index (κ3) is 7.91. The van der Waals surface area contributed by atoms with Crippen molar-refractivity contribution >= 4 is 21.5 Å². The second kappa shape index (κ2) is 16.2. The summed E-state index contributed by atoms with van der Waals surface area (Å²) in [6, 6.07) is 62.6. The Morgan fingerprint density at radius 1 is 0.315 bits per heavy atom. The summed E-state index contributed by atoms with van der Waals surface area (Å²) in [6.07, 6.45) is 0. The van der Waals surface area contributed by atoms with Gasteiger partial charge < -0.3 is 10.2 Å². The highest BCUT2D eigenvalue weighted by Crippen LogP contribution is 2.48. The molecule has 0 saturated heterocycles. The van der Waals surface area contributed by atoms with Gasteiger partial charge in [0.2, 0.25) is 0 Å². The van der Waals surface area contributed by atoms with Crippen molar-refractivity contribution in [1.29, 1.82) is 0 Å². The van der Waals surface area contributed by atoms with Crippen molar-refractivity contribution in [3.63, 3.8) is 0 Å². The maximum atomic E-state index is 12.5. The largest absolute Gasteiger partial charge is 0.507 e. The predicted molar refractivity (Wildman–Crippen MR) is 222 cm³/mol. The van der Waals surface area contributed by atoms with E-state index in [1.807, 2.05) is 48.5 Å². The van der Waals surface area contributed by atoms with E-state index >= 15 is 0 Å². The van der Waals surface area contributed by atoms with Crippen LogP contribution in [0.25, 0.3) is 32.7 Å². The van der Waals surface area contributed by atoms with Gasteiger partial charge >= 0.3 is 0 Å². The number of phenols is 2. The molecule has 0 aliphatic rings. The van der Waals surface area contributed by atoms with Crippen LogP contribution in [0.3, 0.4) is 0 Å². The summed E-state index contributed by atoms with van der Waals surface area (Å²) in [4.78, 5) is 4.75. The summed E-state index contributed by atoms with van der Waals surface area (Å²) in [6.45, 7) is 3.93. The average molecular weight is 705 g/mol. The molecule has 0 spiro atoms. The number of phenolic OH excluding ortho intramolecular Hbond substituents is 2. The molecule has 0 aromatic heterocycles. The summed E-state index contributed by atoms with van der Waals surface area (Å²) >= 11 is 0. The van der Waals surface area contributed by atoms with E-state index in [2.05, 4.69) is 143 Å². The van der Waals surface area contributed by atoms with Gasteiger partial charge in [-0.05, 0) is 55.9 Å². The van der Waals surface area contributed by atoms with Crippen molar-refractivity contribution in [3.05, 3.63) is 215 Å². The van der Waals surface area contributed by atoms with Crippen molar-refractivity contribution in [3.8, 4) is 22.6 Å². The Morgan fingerprint density at radius 2 is 0.593 bits per heavy atom. The van der Waals surface area contributed by atoms with Gasteiger partial charge in [0, 0.05) is 61.5 Å². The zero-order valence-corrected chi connectivity index (χ0v) is 30.4. The molecule has 0 bridgehead atoms. The molecule has 4 nitrogen and oxygen atoms in total. The summed E-state index contributed by atoms with van der Waals surface area (Å²) in [5.74, 6) is 0.394. The lowest BCUT2D eigenvalue weighted by Gasteiger charge is -2.26. The quantitative estimate of drug-likeness (QED) is 0.125. The highest BCUT2D eigenvalue weighted by atomic mass is 16.3. The highest BCUT2D eigenvalue weighted by Gasteiger charge is 2.24. The first-order chi connectivity index (χ1) is 26.6. The van der Waals surface area contributed by atoms with Gasteiger partial charge in [-0.25, -0.2) is 0 Å². The number of hydrogen-bond donors (Lipinski definition) is 2. The minimum absolute atomic E-state index is 0.197. The van der Waals surface area contributed by atoms with Crippen molar-refractivity contribution < 1.29 is 10.2 Å². The van der Waals surface area contributed by atoms with Crippen LogP contribution in [0.4, 0.5) is 0 Å². The summed E-state index contributed by atoms with van der Waals surface area (Å²) < 4.78 is 0. The summed E-state index contributed by atoms with van der Waals surface area (Å²) in [5.41, 5.74) is 7.80. The SMILES string of the molecule is Oc1c(CN(Cc2ccccc2)Cc2ccccc2)cc2ccccc2c1-c1c(O)c(CN(Cc2ccccc2)Cc2ccccc2)cc2ccccc12.